The van der Waals surface area contributed by atoms with Crippen LogP contribution in [0.4, 0.5) is 0 Å². The minimum Gasteiger partial charge on any atom is -0.394 e. The van der Waals surface area contributed by atoms with Crippen LogP contribution in [0, 0.1) is 13.8 Å². The number of aliphatic hydroxyl groups excluding tert-OH is 1. The van der Waals surface area contributed by atoms with E-state index in [0.29, 0.717) is 19.4 Å². The van der Waals surface area contributed by atoms with Crippen molar-refractivity contribution in [1.29, 1.82) is 0 Å². The van der Waals surface area contributed by atoms with Crippen LogP contribution in [0.3, 0.4) is 0 Å². The molecule has 5 heteroatoms. The molecule has 0 aliphatic heterocycles. The molecule has 2 N–H and O–H groups in total. The fraction of sp³-hybridized carbons (Fsp3) is 0.692. The van der Waals surface area contributed by atoms with E-state index in [0.717, 1.165) is 11.4 Å². The van der Waals surface area contributed by atoms with Crippen molar-refractivity contribution in [3.63, 3.8) is 0 Å². The zero-order valence-electron chi connectivity index (χ0n) is 11.7. The van der Waals surface area contributed by atoms with Crippen molar-refractivity contribution in [2.45, 2.75) is 52.6 Å². The fourth-order valence-electron chi connectivity index (χ4n) is 1.75. The first kappa shape index (κ1) is 14.7. The Balaban J connectivity index is 2.49. The summed E-state index contributed by atoms with van der Waals surface area (Å²) in [6.07, 6.45) is 1.08. The molecular formula is C13H23N3O2. The van der Waals surface area contributed by atoms with Gasteiger partial charge in [-0.15, -0.1) is 0 Å². The summed E-state index contributed by atoms with van der Waals surface area (Å²) in [5.41, 5.74) is 1.49. The summed E-state index contributed by atoms with van der Waals surface area (Å²) in [5.74, 6) is -0.0547. The largest absolute Gasteiger partial charge is 0.394 e. The van der Waals surface area contributed by atoms with Crippen molar-refractivity contribution in [2.75, 3.05) is 6.61 Å². The van der Waals surface area contributed by atoms with Crippen molar-refractivity contribution in [3.05, 3.63) is 17.5 Å². The molecule has 0 bridgehead atoms. The third-order valence-corrected chi connectivity index (χ3v) is 3.22. The van der Waals surface area contributed by atoms with Gasteiger partial charge in [0, 0.05) is 18.7 Å². The number of carbonyl (C=O) groups is 1. The third kappa shape index (κ3) is 3.84. The second-order valence-corrected chi connectivity index (χ2v) is 5.02. The molecule has 0 saturated heterocycles. The summed E-state index contributed by atoms with van der Waals surface area (Å²) in [6, 6.07) is 1.99. The highest BCUT2D eigenvalue weighted by Gasteiger charge is 2.22. The second-order valence-electron chi connectivity index (χ2n) is 5.02. The van der Waals surface area contributed by atoms with Gasteiger partial charge in [0.15, 0.2) is 0 Å². The number of aliphatic hydroxyl groups is 1. The fourth-order valence-corrected chi connectivity index (χ4v) is 1.75. The van der Waals surface area contributed by atoms with Crippen LogP contribution in [0.15, 0.2) is 6.07 Å². The second kappa shape index (κ2) is 6.00. The van der Waals surface area contributed by atoms with Gasteiger partial charge in [-0.2, -0.15) is 5.10 Å². The summed E-state index contributed by atoms with van der Waals surface area (Å²) in [7, 11) is 0. The van der Waals surface area contributed by atoms with E-state index in [1.54, 1.807) is 0 Å². The highest BCUT2D eigenvalue weighted by atomic mass is 16.3. The molecule has 0 aromatic carbocycles. The molecule has 0 aliphatic carbocycles. The first-order chi connectivity index (χ1) is 8.40. The van der Waals surface area contributed by atoms with E-state index in [9.17, 15) is 9.90 Å². The Labute approximate surface area is 108 Å². The number of aromatic nitrogens is 2. The van der Waals surface area contributed by atoms with E-state index in [1.807, 2.05) is 38.4 Å². The molecular weight excluding hydrogens is 230 g/mol. The first-order valence-corrected chi connectivity index (χ1v) is 6.33. The van der Waals surface area contributed by atoms with Crippen molar-refractivity contribution >= 4 is 5.91 Å². The standard InChI is InChI=1S/C13H23N3O2/c1-5-13(4,9-17)14-12(18)6-7-16-11(3)8-10(2)15-16/h8,17H,5-7,9H2,1-4H3,(H,14,18). The normalized spacial score (nSPS) is 14.3. The molecule has 0 fully saturated rings. The lowest BCUT2D eigenvalue weighted by molar-refractivity contribution is -0.123. The van der Waals surface area contributed by atoms with Crippen LogP contribution in [-0.4, -0.2) is 32.9 Å². The summed E-state index contributed by atoms with van der Waals surface area (Å²) < 4.78 is 1.83. The van der Waals surface area contributed by atoms with Crippen LogP contribution < -0.4 is 5.32 Å². The lowest BCUT2D eigenvalue weighted by Crippen LogP contribution is -2.48. The minimum atomic E-state index is -0.522. The van der Waals surface area contributed by atoms with Gasteiger partial charge in [-0.3, -0.25) is 9.48 Å². The monoisotopic (exact) mass is 253 g/mol. The molecule has 0 aliphatic rings. The van der Waals surface area contributed by atoms with Crippen molar-refractivity contribution in [2.24, 2.45) is 0 Å². The van der Waals surface area contributed by atoms with Gasteiger partial charge in [0.1, 0.15) is 0 Å². The van der Waals surface area contributed by atoms with E-state index in [-0.39, 0.29) is 12.5 Å². The summed E-state index contributed by atoms with van der Waals surface area (Å²) in [6.45, 7) is 8.21. The number of rotatable bonds is 6. The number of amides is 1. The quantitative estimate of drug-likeness (QED) is 0.799. The predicted octanol–water partition coefficient (Wildman–Crippen LogP) is 1.17. The van der Waals surface area contributed by atoms with Gasteiger partial charge in [-0.25, -0.2) is 0 Å². The zero-order valence-corrected chi connectivity index (χ0v) is 11.7. The van der Waals surface area contributed by atoms with E-state index < -0.39 is 5.54 Å². The number of aryl methyl sites for hydroxylation is 3. The molecule has 0 spiro atoms. The summed E-state index contributed by atoms with van der Waals surface area (Å²) >= 11 is 0. The van der Waals surface area contributed by atoms with Crippen LogP contribution >= 0.6 is 0 Å². The Morgan fingerprint density at radius 2 is 2.22 bits per heavy atom. The molecule has 1 heterocycles. The minimum absolute atomic E-state index is 0.0465. The SMILES string of the molecule is CCC(C)(CO)NC(=O)CCn1nc(C)cc1C. The van der Waals surface area contributed by atoms with Crippen LogP contribution in [0.25, 0.3) is 0 Å². The van der Waals surface area contributed by atoms with Crippen molar-refractivity contribution in [3.8, 4) is 0 Å². The molecule has 1 unspecified atom stereocenters. The van der Waals surface area contributed by atoms with E-state index >= 15 is 0 Å². The number of hydrogen-bond acceptors (Lipinski definition) is 3. The summed E-state index contributed by atoms with van der Waals surface area (Å²) in [4.78, 5) is 11.8. The molecule has 1 aromatic rings. The van der Waals surface area contributed by atoms with Gasteiger partial charge in [0.2, 0.25) is 5.91 Å². The van der Waals surface area contributed by atoms with Crippen LogP contribution in [0.1, 0.15) is 38.1 Å². The lowest BCUT2D eigenvalue weighted by atomic mass is 10.0. The van der Waals surface area contributed by atoms with Crippen LogP contribution in [0.2, 0.25) is 0 Å². The highest BCUT2D eigenvalue weighted by molar-refractivity contribution is 5.76. The summed E-state index contributed by atoms with van der Waals surface area (Å²) in [5, 5.41) is 16.4. The van der Waals surface area contributed by atoms with Crippen LogP contribution in [-0.2, 0) is 11.3 Å². The third-order valence-electron chi connectivity index (χ3n) is 3.22. The van der Waals surface area contributed by atoms with Crippen molar-refractivity contribution < 1.29 is 9.90 Å². The maximum Gasteiger partial charge on any atom is 0.222 e. The molecule has 5 nitrogen and oxygen atoms in total. The van der Waals surface area contributed by atoms with E-state index in [1.165, 1.54) is 0 Å². The van der Waals surface area contributed by atoms with Gasteiger partial charge in [-0.1, -0.05) is 6.92 Å². The zero-order chi connectivity index (χ0) is 13.8. The van der Waals surface area contributed by atoms with Gasteiger partial charge in [0.05, 0.1) is 17.8 Å². The predicted molar refractivity (Wildman–Crippen MR) is 70.2 cm³/mol. The molecule has 0 saturated carbocycles. The van der Waals surface area contributed by atoms with Gasteiger partial charge in [0.25, 0.3) is 0 Å². The van der Waals surface area contributed by atoms with Crippen LogP contribution in [0.5, 0.6) is 0 Å². The molecule has 0 radical (unpaired) electrons. The first-order valence-electron chi connectivity index (χ1n) is 6.33. The smallest absolute Gasteiger partial charge is 0.222 e. The molecule has 1 amide bonds. The number of carbonyl (C=O) groups excluding carboxylic acids is 1. The maximum atomic E-state index is 11.8. The lowest BCUT2D eigenvalue weighted by Gasteiger charge is -2.27. The average molecular weight is 253 g/mol. The Hall–Kier alpha value is -1.36. The number of hydrogen-bond donors (Lipinski definition) is 2. The number of nitrogens with zero attached hydrogens (tertiary/aromatic N) is 2. The Morgan fingerprint density at radius 1 is 1.56 bits per heavy atom. The average Bonchev–Trinajstić information content (AvgIpc) is 2.65. The van der Waals surface area contributed by atoms with Crippen molar-refractivity contribution in [1.82, 2.24) is 15.1 Å². The topological polar surface area (TPSA) is 67.2 Å². The molecule has 102 valence electrons. The Bertz CT molecular complexity index is 408. The highest BCUT2D eigenvalue weighted by Crippen LogP contribution is 2.08. The van der Waals surface area contributed by atoms with E-state index in [4.69, 9.17) is 0 Å². The number of nitrogens with one attached hydrogen (secondary N) is 1. The van der Waals surface area contributed by atoms with E-state index in [2.05, 4.69) is 10.4 Å². The maximum absolute atomic E-state index is 11.8. The van der Waals surface area contributed by atoms with Gasteiger partial charge in [-0.05, 0) is 33.3 Å². The molecule has 1 atom stereocenters. The van der Waals surface area contributed by atoms with Gasteiger partial charge >= 0.3 is 0 Å². The molecule has 18 heavy (non-hydrogen) atoms. The Morgan fingerprint density at radius 3 is 2.67 bits per heavy atom. The molecule has 1 rings (SSSR count). The Kier molecular flexibility index (Phi) is 4.90. The van der Waals surface area contributed by atoms with Gasteiger partial charge < -0.3 is 10.4 Å². The molecule has 1 aromatic heterocycles.